The van der Waals surface area contributed by atoms with Crippen molar-refractivity contribution in [3.8, 4) is 0 Å². The number of hydrogen-bond donors (Lipinski definition) is 0. The minimum atomic E-state index is 0.406. The summed E-state index contributed by atoms with van der Waals surface area (Å²) in [4.78, 5) is 2.61. The molecule has 3 nitrogen and oxygen atoms in total. The fraction of sp³-hybridized carbons (Fsp3) is 0.824. The van der Waals surface area contributed by atoms with E-state index < -0.39 is 0 Å². The van der Waals surface area contributed by atoms with E-state index in [1.54, 1.807) is 0 Å². The Morgan fingerprint density at radius 3 is 2.45 bits per heavy atom. The molecule has 0 bridgehead atoms. The number of piperidine rings is 1. The van der Waals surface area contributed by atoms with Crippen LogP contribution in [0, 0.1) is 11.3 Å². The molecular weight excluding hydrogens is 246 g/mol. The average molecular weight is 277 g/mol. The fourth-order valence-electron chi connectivity index (χ4n) is 3.17. The van der Waals surface area contributed by atoms with Crippen LogP contribution in [0.25, 0.3) is 0 Å². The van der Waals surface area contributed by atoms with Gasteiger partial charge in [0.15, 0.2) is 0 Å². The molecule has 0 saturated carbocycles. The van der Waals surface area contributed by atoms with E-state index >= 15 is 0 Å². The topological polar surface area (TPSA) is 21.1 Å². The summed E-state index contributed by atoms with van der Waals surface area (Å²) in [5.41, 5.74) is 1.79. The fourth-order valence-corrected chi connectivity index (χ4v) is 3.17. The van der Waals surface area contributed by atoms with Gasteiger partial charge in [-0.25, -0.2) is 0 Å². The van der Waals surface area contributed by atoms with E-state index in [0.29, 0.717) is 17.4 Å². The first-order valence-corrected chi connectivity index (χ1v) is 8.09. The van der Waals surface area contributed by atoms with Crippen LogP contribution in [0.15, 0.2) is 12.4 Å². The molecule has 1 saturated heterocycles. The molecule has 1 aromatic rings. The van der Waals surface area contributed by atoms with Crippen LogP contribution in [-0.4, -0.2) is 34.3 Å². The molecule has 1 aliphatic rings. The molecule has 0 spiro atoms. The molecule has 1 aliphatic heterocycles. The second-order valence-corrected chi connectivity index (χ2v) is 7.99. The van der Waals surface area contributed by atoms with Gasteiger partial charge in [-0.15, -0.1) is 0 Å². The molecular formula is C17H31N3. The molecule has 2 heterocycles. The monoisotopic (exact) mass is 277 g/mol. The summed E-state index contributed by atoms with van der Waals surface area (Å²) < 4.78 is 2.21. The standard InChI is InChI=1S/C17H31N3/c1-14(2)10-15-11-18-20(12-15)16-6-8-19(9-7-16)13-17(3,4)5/h11-12,14,16H,6-10,13H2,1-5H3. The lowest BCUT2D eigenvalue weighted by molar-refractivity contribution is 0.135. The Kier molecular flexibility index (Phi) is 4.90. The molecule has 0 atom stereocenters. The van der Waals surface area contributed by atoms with Crippen molar-refractivity contribution in [1.29, 1.82) is 0 Å². The molecule has 1 aromatic heterocycles. The van der Waals surface area contributed by atoms with Crippen LogP contribution in [0.5, 0.6) is 0 Å². The van der Waals surface area contributed by atoms with Gasteiger partial charge in [0.1, 0.15) is 0 Å². The molecule has 0 aliphatic carbocycles. The Labute approximate surface area is 124 Å². The van der Waals surface area contributed by atoms with Gasteiger partial charge < -0.3 is 4.90 Å². The first kappa shape index (κ1) is 15.6. The molecule has 0 N–H and O–H groups in total. The predicted octanol–water partition coefficient (Wildman–Crippen LogP) is 3.76. The zero-order valence-electron chi connectivity index (χ0n) is 13.9. The van der Waals surface area contributed by atoms with Crippen molar-refractivity contribution in [3.05, 3.63) is 18.0 Å². The zero-order valence-corrected chi connectivity index (χ0v) is 13.9. The SMILES string of the molecule is CC(C)Cc1cnn(C2CCN(CC(C)(C)C)CC2)c1. The van der Waals surface area contributed by atoms with Crippen molar-refractivity contribution in [2.45, 2.75) is 59.9 Å². The van der Waals surface area contributed by atoms with Gasteiger partial charge in [0.2, 0.25) is 0 Å². The highest BCUT2D eigenvalue weighted by Gasteiger charge is 2.24. The van der Waals surface area contributed by atoms with Gasteiger partial charge in [0, 0.05) is 25.8 Å². The average Bonchev–Trinajstić information content (AvgIpc) is 2.75. The quantitative estimate of drug-likeness (QED) is 0.835. The van der Waals surface area contributed by atoms with Crippen LogP contribution in [0.2, 0.25) is 0 Å². The van der Waals surface area contributed by atoms with E-state index in [-0.39, 0.29) is 0 Å². The van der Waals surface area contributed by atoms with Crippen LogP contribution in [0.1, 0.15) is 59.1 Å². The van der Waals surface area contributed by atoms with Crippen molar-refractivity contribution < 1.29 is 0 Å². The summed E-state index contributed by atoms with van der Waals surface area (Å²) in [6.07, 6.45) is 7.94. The summed E-state index contributed by atoms with van der Waals surface area (Å²) in [6.45, 7) is 15.1. The van der Waals surface area contributed by atoms with E-state index in [4.69, 9.17) is 0 Å². The molecule has 1 fully saturated rings. The minimum absolute atomic E-state index is 0.406. The Morgan fingerprint density at radius 1 is 1.25 bits per heavy atom. The van der Waals surface area contributed by atoms with Crippen LogP contribution in [-0.2, 0) is 6.42 Å². The van der Waals surface area contributed by atoms with Crippen LogP contribution < -0.4 is 0 Å². The van der Waals surface area contributed by atoms with Gasteiger partial charge in [-0.2, -0.15) is 5.10 Å². The van der Waals surface area contributed by atoms with Crippen LogP contribution in [0.3, 0.4) is 0 Å². The van der Waals surface area contributed by atoms with E-state index in [9.17, 15) is 0 Å². The highest BCUT2D eigenvalue weighted by atomic mass is 15.3. The summed E-state index contributed by atoms with van der Waals surface area (Å²) in [7, 11) is 0. The molecule has 3 heteroatoms. The normalized spacial score (nSPS) is 18.9. The number of rotatable bonds is 4. The highest BCUT2D eigenvalue weighted by Crippen LogP contribution is 2.25. The van der Waals surface area contributed by atoms with Crippen molar-refractivity contribution in [1.82, 2.24) is 14.7 Å². The third-order valence-electron chi connectivity index (χ3n) is 3.93. The number of likely N-dealkylation sites (tertiary alicyclic amines) is 1. The molecule has 0 radical (unpaired) electrons. The van der Waals surface area contributed by atoms with E-state index in [1.165, 1.54) is 38.0 Å². The van der Waals surface area contributed by atoms with Gasteiger partial charge in [0.05, 0.1) is 12.2 Å². The molecule has 0 amide bonds. The molecule has 2 rings (SSSR count). The lowest BCUT2D eigenvalue weighted by atomic mass is 9.94. The predicted molar refractivity (Wildman–Crippen MR) is 84.9 cm³/mol. The third-order valence-corrected chi connectivity index (χ3v) is 3.93. The third kappa shape index (κ3) is 4.62. The van der Waals surface area contributed by atoms with E-state index in [2.05, 4.69) is 61.7 Å². The highest BCUT2D eigenvalue weighted by molar-refractivity contribution is 5.05. The zero-order chi connectivity index (χ0) is 14.8. The second kappa shape index (κ2) is 6.30. The summed E-state index contributed by atoms with van der Waals surface area (Å²) in [6, 6.07) is 0.604. The minimum Gasteiger partial charge on any atom is -0.303 e. The first-order chi connectivity index (χ1) is 9.33. The first-order valence-electron chi connectivity index (χ1n) is 8.09. The number of hydrogen-bond acceptors (Lipinski definition) is 2. The Balaban J connectivity index is 1.86. The van der Waals surface area contributed by atoms with Gasteiger partial charge in [-0.05, 0) is 36.2 Å². The second-order valence-electron chi connectivity index (χ2n) is 7.99. The maximum Gasteiger partial charge on any atom is 0.0543 e. The van der Waals surface area contributed by atoms with Crippen molar-refractivity contribution in [3.63, 3.8) is 0 Å². The molecule has 0 aromatic carbocycles. The lowest BCUT2D eigenvalue weighted by Gasteiger charge is -2.35. The van der Waals surface area contributed by atoms with E-state index in [1.807, 2.05) is 0 Å². The van der Waals surface area contributed by atoms with Crippen molar-refractivity contribution in [2.24, 2.45) is 11.3 Å². The smallest absolute Gasteiger partial charge is 0.0543 e. The Hall–Kier alpha value is -0.830. The van der Waals surface area contributed by atoms with Gasteiger partial charge in [-0.1, -0.05) is 34.6 Å². The largest absolute Gasteiger partial charge is 0.303 e. The summed E-state index contributed by atoms with van der Waals surface area (Å²) in [5, 5.41) is 4.59. The molecule has 114 valence electrons. The van der Waals surface area contributed by atoms with Crippen molar-refractivity contribution in [2.75, 3.05) is 19.6 Å². The number of nitrogens with zero attached hydrogens (tertiary/aromatic N) is 3. The summed E-state index contributed by atoms with van der Waals surface area (Å²) >= 11 is 0. The van der Waals surface area contributed by atoms with Crippen LogP contribution >= 0.6 is 0 Å². The number of aromatic nitrogens is 2. The maximum atomic E-state index is 4.59. The Bertz CT molecular complexity index is 406. The summed E-state index contributed by atoms with van der Waals surface area (Å²) in [5.74, 6) is 0.710. The maximum absolute atomic E-state index is 4.59. The Morgan fingerprint density at radius 2 is 1.90 bits per heavy atom. The molecule has 20 heavy (non-hydrogen) atoms. The van der Waals surface area contributed by atoms with Gasteiger partial charge >= 0.3 is 0 Å². The van der Waals surface area contributed by atoms with E-state index in [0.717, 1.165) is 6.42 Å². The molecule has 0 unspecified atom stereocenters. The lowest BCUT2D eigenvalue weighted by Crippen LogP contribution is -2.39. The van der Waals surface area contributed by atoms with Gasteiger partial charge in [-0.3, -0.25) is 4.68 Å². The van der Waals surface area contributed by atoms with Crippen molar-refractivity contribution >= 4 is 0 Å². The van der Waals surface area contributed by atoms with Gasteiger partial charge in [0.25, 0.3) is 0 Å². The van der Waals surface area contributed by atoms with Crippen LogP contribution in [0.4, 0.5) is 0 Å².